The normalized spacial score (nSPS) is 14.2. The number of hydrogen-bond acceptors (Lipinski definition) is 9. The number of hydrogen-bond donors (Lipinski definition) is 2. The summed E-state index contributed by atoms with van der Waals surface area (Å²) in [6, 6.07) is 10.4. The van der Waals surface area contributed by atoms with Crippen molar-refractivity contribution in [3.8, 4) is 11.4 Å². The van der Waals surface area contributed by atoms with E-state index < -0.39 is 50.8 Å². The Labute approximate surface area is 291 Å². The number of ether oxygens (including phenoxy) is 2. The molecule has 0 spiro atoms. The minimum Gasteiger partial charge on any atom is -0.495 e. The lowest BCUT2D eigenvalue weighted by molar-refractivity contribution is -0.152. The van der Waals surface area contributed by atoms with Crippen molar-refractivity contribution < 1.29 is 36.3 Å². The molecule has 0 bridgehead atoms. The summed E-state index contributed by atoms with van der Waals surface area (Å²) in [5.74, 6) is -4.80. The highest BCUT2D eigenvalue weighted by molar-refractivity contribution is 7.92. The second-order valence-electron chi connectivity index (χ2n) is 12.0. The zero-order valence-electron chi connectivity index (χ0n) is 27.6. The van der Waals surface area contributed by atoms with E-state index in [4.69, 9.17) is 9.47 Å². The van der Waals surface area contributed by atoms with Crippen LogP contribution in [0.15, 0.2) is 82.9 Å². The Morgan fingerprint density at radius 1 is 1.02 bits per heavy atom. The molecule has 1 saturated carbocycles. The number of esters is 1. The molecule has 16 heteroatoms. The smallest absolute Gasteiger partial charge is 0.329 e. The van der Waals surface area contributed by atoms with E-state index in [0.29, 0.717) is 47.3 Å². The molecule has 0 aliphatic heterocycles. The first kappa shape index (κ1) is 35.2. The molecule has 1 aliphatic rings. The van der Waals surface area contributed by atoms with Gasteiger partial charge < -0.3 is 14.8 Å². The third-order valence-corrected chi connectivity index (χ3v) is 10.1. The number of aryl methyl sites for hydroxylation is 1. The second-order valence-corrected chi connectivity index (χ2v) is 13.7. The van der Waals surface area contributed by atoms with Gasteiger partial charge in [-0.3, -0.25) is 29.0 Å². The number of rotatable bonds is 11. The van der Waals surface area contributed by atoms with Crippen LogP contribution >= 0.6 is 0 Å². The van der Waals surface area contributed by atoms with E-state index in [2.05, 4.69) is 20.0 Å². The molecule has 266 valence electrons. The number of nitrogens with zero attached hydrogens (tertiary/aromatic N) is 4. The number of para-hydroxylation sites is 1. The van der Waals surface area contributed by atoms with Crippen molar-refractivity contribution in [3.63, 3.8) is 0 Å². The third kappa shape index (κ3) is 7.45. The largest absolute Gasteiger partial charge is 0.495 e. The van der Waals surface area contributed by atoms with E-state index in [1.165, 1.54) is 42.4 Å². The van der Waals surface area contributed by atoms with Crippen LogP contribution in [-0.2, 0) is 33.0 Å². The van der Waals surface area contributed by atoms with Crippen LogP contribution in [0.25, 0.3) is 16.6 Å². The lowest BCUT2D eigenvalue weighted by Gasteiger charge is -2.25. The summed E-state index contributed by atoms with van der Waals surface area (Å²) in [4.78, 5) is 48.1. The van der Waals surface area contributed by atoms with Crippen molar-refractivity contribution in [3.05, 3.63) is 106 Å². The molecule has 0 saturated heterocycles. The van der Waals surface area contributed by atoms with Gasteiger partial charge in [0.1, 0.15) is 40.0 Å². The highest BCUT2D eigenvalue weighted by Crippen LogP contribution is 2.27. The monoisotopic (exact) mass is 720 g/mol. The molecule has 3 heterocycles. The minimum atomic E-state index is -4.33. The van der Waals surface area contributed by atoms with Crippen LogP contribution in [-0.4, -0.2) is 58.9 Å². The molecular weight excluding hydrogens is 686 g/mol. The lowest BCUT2D eigenvalue weighted by Crippen LogP contribution is -2.45. The van der Waals surface area contributed by atoms with Crippen molar-refractivity contribution >= 4 is 38.5 Å². The Hall–Kier alpha value is -5.64. The van der Waals surface area contributed by atoms with Gasteiger partial charge in [-0.2, -0.15) is 0 Å². The number of anilines is 1. The third-order valence-electron chi connectivity index (χ3n) is 8.64. The molecule has 5 aromatic rings. The van der Waals surface area contributed by atoms with Gasteiger partial charge >= 0.3 is 5.97 Å². The van der Waals surface area contributed by atoms with Crippen LogP contribution < -0.4 is 20.3 Å². The van der Waals surface area contributed by atoms with E-state index in [1.807, 2.05) is 0 Å². The van der Waals surface area contributed by atoms with Crippen LogP contribution in [0.1, 0.15) is 48.2 Å². The Kier molecular flexibility index (Phi) is 10.1. The maximum absolute atomic E-state index is 15.4. The predicted octanol–water partition coefficient (Wildman–Crippen LogP) is 4.42. The average Bonchev–Trinajstić information content (AvgIpc) is 3.37. The van der Waals surface area contributed by atoms with Crippen LogP contribution in [0.5, 0.6) is 5.75 Å². The van der Waals surface area contributed by atoms with Gasteiger partial charge in [-0.05, 0) is 68.1 Å². The van der Waals surface area contributed by atoms with Gasteiger partial charge in [0.15, 0.2) is 0 Å². The summed E-state index contributed by atoms with van der Waals surface area (Å²) in [7, 11) is -1.36. The van der Waals surface area contributed by atoms with Gasteiger partial charge in [0, 0.05) is 25.4 Å². The van der Waals surface area contributed by atoms with E-state index in [1.54, 1.807) is 42.2 Å². The number of aromatic nitrogens is 4. The van der Waals surface area contributed by atoms with E-state index in [-0.39, 0.29) is 28.7 Å². The number of benzene rings is 2. The topological polar surface area (TPSA) is 164 Å². The van der Waals surface area contributed by atoms with Crippen molar-refractivity contribution in [2.24, 2.45) is 7.05 Å². The highest BCUT2D eigenvalue weighted by atomic mass is 32.2. The van der Waals surface area contributed by atoms with Gasteiger partial charge in [0.05, 0.1) is 41.8 Å². The summed E-state index contributed by atoms with van der Waals surface area (Å²) in [6.07, 6.45) is 7.96. The van der Waals surface area contributed by atoms with Crippen LogP contribution in [0.4, 0.5) is 14.5 Å². The molecule has 3 aromatic heterocycles. The Morgan fingerprint density at radius 2 is 1.75 bits per heavy atom. The SMILES string of the molecule is COc1ccccc1S(=O)(=O)Nc1cc(F)c(C(=O)N[C@@H](Cc2ccc(-n3c(=O)c4ccncc4n3C)cn2)C(=O)OC2CCCCC2)c(F)c1. The number of amides is 1. The number of methoxy groups -OCH3 is 1. The Bertz CT molecular complexity index is 2250. The lowest BCUT2D eigenvalue weighted by atomic mass is 9.97. The van der Waals surface area contributed by atoms with Gasteiger partial charge in [-0.1, -0.05) is 18.6 Å². The number of fused-ring (bicyclic) bond motifs is 1. The van der Waals surface area contributed by atoms with Crippen molar-refractivity contribution in [1.82, 2.24) is 24.6 Å². The molecule has 2 aromatic carbocycles. The van der Waals surface area contributed by atoms with Crippen molar-refractivity contribution in [1.29, 1.82) is 0 Å². The van der Waals surface area contributed by atoms with Gasteiger partial charge in [0.2, 0.25) is 0 Å². The van der Waals surface area contributed by atoms with Crippen LogP contribution in [0.3, 0.4) is 0 Å². The molecule has 1 amide bonds. The van der Waals surface area contributed by atoms with E-state index in [0.717, 1.165) is 19.3 Å². The zero-order chi connectivity index (χ0) is 36.3. The van der Waals surface area contributed by atoms with Gasteiger partial charge in [0.25, 0.3) is 21.5 Å². The number of nitrogens with one attached hydrogen (secondary N) is 2. The first-order chi connectivity index (χ1) is 24.5. The maximum atomic E-state index is 15.4. The number of carbonyl (C=O) groups is 2. The first-order valence-corrected chi connectivity index (χ1v) is 17.6. The minimum absolute atomic E-state index is 0.0113. The van der Waals surface area contributed by atoms with Crippen molar-refractivity contribution in [2.75, 3.05) is 11.8 Å². The van der Waals surface area contributed by atoms with Crippen molar-refractivity contribution in [2.45, 2.75) is 55.6 Å². The Morgan fingerprint density at radius 3 is 2.41 bits per heavy atom. The quantitative estimate of drug-likeness (QED) is 0.188. The summed E-state index contributed by atoms with van der Waals surface area (Å²) >= 11 is 0. The van der Waals surface area contributed by atoms with Gasteiger partial charge in [-0.15, -0.1) is 0 Å². The Balaban J connectivity index is 1.24. The summed E-state index contributed by atoms with van der Waals surface area (Å²) in [6.45, 7) is 0. The molecule has 0 unspecified atom stereocenters. The van der Waals surface area contributed by atoms with Crippen LogP contribution in [0, 0.1) is 11.6 Å². The molecule has 1 fully saturated rings. The molecule has 6 rings (SSSR count). The number of pyridine rings is 2. The first-order valence-electron chi connectivity index (χ1n) is 16.1. The molecule has 1 aliphatic carbocycles. The molecule has 2 N–H and O–H groups in total. The average molecular weight is 721 g/mol. The molecule has 0 radical (unpaired) electrons. The summed E-state index contributed by atoms with van der Waals surface area (Å²) < 4.78 is 72.6. The summed E-state index contributed by atoms with van der Waals surface area (Å²) in [5.41, 5.74) is -0.432. The number of halogens is 2. The molecule has 1 atom stereocenters. The molecular formula is C35H34F2N6O7S. The van der Waals surface area contributed by atoms with Crippen LogP contribution in [0.2, 0.25) is 0 Å². The fraction of sp³-hybridized carbons (Fsp3) is 0.286. The molecule has 13 nitrogen and oxygen atoms in total. The highest BCUT2D eigenvalue weighted by Gasteiger charge is 2.30. The fourth-order valence-corrected chi connectivity index (χ4v) is 7.31. The number of sulfonamides is 1. The zero-order valence-corrected chi connectivity index (χ0v) is 28.5. The van der Waals surface area contributed by atoms with E-state index in [9.17, 15) is 22.8 Å². The standard InChI is InChI=1S/C35H34F2N6O7S/c1-42-29-20-38-15-14-25(29)34(45)43(42)23-13-12-21(39-19-23)18-28(35(46)50-24-8-4-3-5-9-24)40-33(44)32-26(36)16-22(17-27(32)37)41-51(47,48)31-11-7-6-10-30(31)49-2/h6-7,10-17,19-20,24,28,41H,3-5,8-9,18H2,1-2H3,(H,40,44)/t28-/m0/s1. The predicted molar refractivity (Wildman–Crippen MR) is 182 cm³/mol. The number of carbonyl (C=O) groups excluding carboxylic acids is 2. The van der Waals surface area contributed by atoms with E-state index >= 15 is 8.78 Å². The fourth-order valence-electron chi connectivity index (χ4n) is 6.10. The summed E-state index contributed by atoms with van der Waals surface area (Å²) in [5, 5.41) is 2.85. The van der Waals surface area contributed by atoms with Gasteiger partial charge in [-0.25, -0.2) is 26.7 Å². The second kappa shape index (κ2) is 14.7. The maximum Gasteiger partial charge on any atom is 0.329 e. The molecule has 51 heavy (non-hydrogen) atoms.